The van der Waals surface area contributed by atoms with Crippen LogP contribution in [0, 0.1) is 0 Å². The van der Waals surface area contributed by atoms with Crippen LogP contribution in [0.5, 0.6) is 0 Å². The Kier molecular flexibility index (Phi) is 3.23. The summed E-state index contributed by atoms with van der Waals surface area (Å²) in [6.07, 6.45) is 10.0. The van der Waals surface area contributed by atoms with Gasteiger partial charge in [-0.25, -0.2) is 0 Å². The summed E-state index contributed by atoms with van der Waals surface area (Å²) in [5.74, 6) is 0. The van der Waals surface area contributed by atoms with E-state index in [1.54, 1.807) is 7.11 Å². The van der Waals surface area contributed by atoms with Crippen LogP contribution in [0.15, 0.2) is 23.8 Å². The molecule has 1 aliphatic carbocycles. The Balaban J connectivity index is 2.04. The van der Waals surface area contributed by atoms with Crippen molar-refractivity contribution in [1.82, 2.24) is 0 Å². The van der Waals surface area contributed by atoms with Gasteiger partial charge < -0.3 is 4.74 Å². The van der Waals surface area contributed by atoms with Crippen molar-refractivity contribution in [1.29, 1.82) is 0 Å². The van der Waals surface area contributed by atoms with Crippen LogP contribution >= 0.6 is 0 Å². The van der Waals surface area contributed by atoms with Gasteiger partial charge in [-0.1, -0.05) is 23.8 Å². The molecule has 1 aliphatic rings. The lowest BCUT2D eigenvalue weighted by atomic mass is 10.1. The predicted octanol–water partition coefficient (Wildman–Crippen LogP) is 2.30. The fraction of sp³-hybridized carbons (Fsp3) is 0.556. The summed E-state index contributed by atoms with van der Waals surface area (Å²) >= 11 is 0. The first kappa shape index (κ1) is 7.55. The molecule has 10 heavy (non-hydrogen) atoms. The molecule has 0 bridgehead atoms. The molecule has 1 nitrogen and oxygen atoms in total. The molecule has 56 valence electrons. The van der Waals surface area contributed by atoms with Gasteiger partial charge in [0.15, 0.2) is 0 Å². The van der Waals surface area contributed by atoms with Crippen molar-refractivity contribution in [2.75, 3.05) is 13.7 Å². The fourth-order valence-electron chi connectivity index (χ4n) is 1.12. The molecule has 0 saturated carbocycles. The second-order valence-electron chi connectivity index (χ2n) is 2.55. The molecule has 0 aromatic rings. The van der Waals surface area contributed by atoms with Crippen LogP contribution in [-0.4, -0.2) is 13.7 Å². The first-order chi connectivity index (χ1) is 4.93. The highest BCUT2D eigenvalue weighted by molar-refractivity contribution is 5.22. The van der Waals surface area contributed by atoms with E-state index < -0.39 is 0 Å². The van der Waals surface area contributed by atoms with Crippen molar-refractivity contribution in [2.45, 2.75) is 19.3 Å². The van der Waals surface area contributed by atoms with Crippen LogP contribution in [0.1, 0.15) is 19.3 Å². The first-order valence-corrected chi connectivity index (χ1v) is 3.77. The van der Waals surface area contributed by atoms with Gasteiger partial charge in [-0.15, -0.1) is 0 Å². The SMILES string of the molecule is COCCCC1=CC=CC1. The van der Waals surface area contributed by atoms with E-state index in [4.69, 9.17) is 4.74 Å². The molecular formula is C9H14O. The molecule has 0 atom stereocenters. The molecule has 1 heteroatoms. The van der Waals surface area contributed by atoms with Crippen LogP contribution in [0.25, 0.3) is 0 Å². The summed E-state index contributed by atoms with van der Waals surface area (Å²) in [5.41, 5.74) is 1.54. The number of allylic oxidation sites excluding steroid dienone is 4. The molecular weight excluding hydrogens is 124 g/mol. The normalized spacial score (nSPS) is 15.9. The highest BCUT2D eigenvalue weighted by atomic mass is 16.5. The molecule has 0 aliphatic heterocycles. The van der Waals surface area contributed by atoms with Crippen molar-refractivity contribution in [3.8, 4) is 0 Å². The third kappa shape index (κ3) is 2.36. The number of methoxy groups -OCH3 is 1. The van der Waals surface area contributed by atoms with Gasteiger partial charge in [0.2, 0.25) is 0 Å². The zero-order valence-corrected chi connectivity index (χ0v) is 6.47. The third-order valence-corrected chi connectivity index (χ3v) is 1.69. The minimum atomic E-state index is 0.886. The molecule has 0 aromatic heterocycles. The van der Waals surface area contributed by atoms with Crippen molar-refractivity contribution >= 4 is 0 Å². The lowest BCUT2D eigenvalue weighted by Crippen LogP contribution is -1.88. The Morgan fingerprint density at radius 2 is 2.50 bits per heavy atom. The van der Waals surface area contributed by atoms with Crippen molar-refractivity contribution < 1.29 is 4.74 Å². The van der Waals surface area contributed by atoms with Gasteiger partial charge in [0.05, 0.1) is 0 Å². The van der Waals surface area contributed by atoms with Crippen LogP contribution < -0.4 is 0 Å². The molecule has 0 amide bonds. The highest BCUT2D eigenvalue weighted by Gasteiger charge is 1.97. The Morgan fingerprint density at radius 1 is 1.60 bits per heavy atom. The van der Waals surface area contributed by atoms with Crippen LogP contribution in [-0.2, 0) is 4.74 Å². The Bertz CT molecular complexity index is 145. The van der Waals surface area contributed by atoms with E-state index in [-0.39, 0.29) is 0 Å². The van der Waals surface area contributed by atoms with Crippen molar-refractivity contribution in [3.63, 3.8) is 0 Å². The molecule has 0 spiro atoms. The minimum Gasteiger partial charge on any atom is -0.385 e. The summed E-state index contributed by atoms with van der Waals surface area (Å²) in [7, 11) is 1.75. The molecule has 0 radical (unpaired) electrons. The average Bonchev–Trinajstić information content (AvgIpc) is 2.41. The van der Waals surface area contributed by atoms with E-state index in [1.807, 2.05) is 0 Å². The van der Waals surface area contributed by atoms with Crippen molar-refractivity contribution in [2.24, 2.45) is 0 Å². The van der Waals surface area contributed by atoms with E-state index in [1.165, 1.54) is 12.0 Å². The first-order valence-electron chi connectivity index (χ1n) is 3.77. The largest absolute Gasteiger partial charge is 0.385 e. The maximum Gasteiger partial charge on any atom is 0.0465 e. The standard InChI is InChI=1S/C9H14O/c1-10-8-4-7-9-5-2-3-6-9/h2-3,5H,4,6-8H2,1H3. The Hall–Kier alpha value is -0.560. The van der Waals surface area contributed by atoms with E-state index >= 15 is 0 Å². The van der Waals surface area contributed by atoms with Gasteiger partial charge in [0.25, 0.3) is 0 Å². The number of hydrogen-bond donors (Lipinski definition) is 0. The van der Waals surface area contributed by atoms with Gasteiger partial charge in [-0.3, -0.25) is 0 Å². The molecule has 0 N–H and O–H groups in total. The summed E-state index contributed by atoms with van der Waals surface area (Å²) < 4.78 is 4.95. The maximum absolute atomic E-state index is 4.95. The van der Waals surface area contributed by atoms with Gasteiger partial charge in [-0.2, -0.15) is 0 Å². The average molecular weight is 138 g/mol. The zero-order valence-electron chi connectivity index (χ0n) is 6.47. The predicted molar refractivity (Wildman–Crippen MR) is 43.0 cm³/mol. The van der Waals surface area contributed by atoms with E-state index in [9.17, 15) is 0 Å². The smallest absolute Gasteiger partial charge is 0.0465 e. The zero-order chi connectivity index (χ0) is 7.23. The summed E-state index contributed by atoms with van der Waals surface area (Å²) in [4.78, 5) is 0. The monoisotopic (exact) mass is 138 g/mol. The molecule has 1 rings (SSSR count). The number of hydrogen-bond acceptors (Lipinski definition) is 1. The van der Waals surface area contributed by atoms with Gasteiger partial charge in [0, 0.05) is 13.7 Å². The molecule has 0 aromatic carbocycles. The molecule has 0 heterocycles. The van der Waals surface area contributed by atoms with Gasteiger partial charge in [0.1, 0.15) is 0 Å². The third-order valence-electron chi connectivity index (χ3n) is 1.69. The Labute approximate surface area is 62.4 Å². The second kappa shape index (κ2) is 4.29. The van der Waals surface area contributed by atoms with Gasteiger partial charge >= 0.3 is 0 Å². The fourth-order valence-corrected chi connectivity index (χ4v) is 1.12. The molecule has 0 saturated heterocycles. The second-order valence-corrected chi connectivity index (χ2v) is 2.55. The van der Waals surface area contributed by atoms with Crippen LogP contribution in [0.4, 0.5) is 0 Å². The quantitative estimate of drug-likeness (QED) is 0.541. The lowest BCUT2D eigenvalue weighted by Gasteiger charge is -1.99. The minimum absolute atomic E-state index is 0.886. The summed E-state index contributed by atoms with van der Waals surface area (Å²) in [6.45, 7) is 0.886. The molecule has 0 unspecified atom stereocenters. The lowest BCUT2D eigenvalue weighted by molar-refractivity contribution is 0.195. The number of ether oxygens (including phenoxy) is 1. The maximum atomic E-state index is 4.95. The van der Waals surface area contributed by atoms with Gasteiger partial charge in [-0.05, 0) is 19.3 Å². The Morgan fingerprint density at radius 3 is 3.10 bits per heavy atom. The van der Waals surface area contributed by atoms with Crippen LogP contribution in [0.2, 0.25) is 0 Å². The van der Waals surface area contributed by atoms with Crippen LogP contribution in [0.3, 0.4) is 0 Å². The summed E-state index contributed by atoms with van der Waals surface area (Å²) in [5, 5.41) is 0. The van der Waals surface area contributed by atoms with E-state index in [2.05, 4.69) is 18.2 Å². The van der Waals surface area contributed by atoms with E-state index in [0.29, 0.717) is 0 Å². The van der Waals surface area contributed by atoms with E-state index in [0.717, 1.165) is 19.4 Å². The molecule has 0 fully saturated rings. The van der Waals surface area contributed by atoms with Crippen molar-refractivity contribution in [3.05, 3.63) is 23.8 Å². The highest BCUT2D eigenvalue weighted by Crippen LogP contribution is 2.15. The summed E-state index contributed by atoms with van der Waals surface area (Å²) in [6, 6.07) is 0. The number of rotatable bonds is 4. The topological polar surface area (TPSA) is 9.23 Å².